The second-order valence-corrected chi connectivity index (χ2v) is 4.55. The van der Waals surface area contributed by atoms with Crippen LogP contribution < -0.4 is 0 Å². The number of hydrogen-bond donors (Lipinski definition) is 1. The Bertz CT molecular complexity index is 340. The van der Waals surface area contributed by atoms with E-state index in [4.69, 9.17) is 11.6 Å². The molecule has 0 spiro atoms. The minimum atomic E-state index is 0.372. The van der Waals surface area contributed by atoms with Gasteiger partial charge >= 0.3 is 0 Å². The Morgan fingerprint density at radius 1 is 1.29 bits per heavy atom. The van der Waals surface area contributed by atoms with Crippen LogP contribution >= 0.6 is 11.6 Å². The molecule has 0 aliphatic heterocycles. The van der Waals surface area contributed by atoms with E-state index in [1.165, 1.54) is 25.7 Å². The van der Waals surface area contributed by atoms with Crippen molar-refractivity contribution in [1.82, 2.24) is 0 Å². The molecule has 1 aliphatic carbocycles. The molecule has 0 aromatic heterocycles. The van der Waals surface area contributed by atoms with Crippen molar-refractivity contribution in [2.45, 2.75) is 38.5 Å². The molecule has 14 heavy (non-hydrogen) atoms. The van der Waals surface area contributed by atoms with Gasteiger partial charge in [0.1, 0.15) is 5.75 Å². The summed E-state index contributed by atoms with van der Waals surface area (Å²) in [7, 11) is 0. The van der Waals surface area contributed by atoms with Crippen molar-refractivity contribution in [2.75, 3.05) is 0 Å². The summed E-state index contributed by atoms with van der Waals surface area (Å²) in [6.45, 7) is 1.87. The predicted octanol–water partition coefficient (Wildman–Crippen LogP) is 4.01. The highest BCUT2D eigenvalue weighted by molar-refractivity contribution is 6.31. The standard InChI is InChI=1S/C12H15ClO/c1-8-6-11(13)10(7-12(8)14)9-4-2-3-5-9/h6-7,9,14H,2-5H2,1H3. The number of phenolic OH excluding ortho intramolecular Hbond substituents is 1. The molecule has 0 unspecified atom stereocenters. The fourth-order valence-electron chi connectivity index (χ4n) is 2.23. The van der Waals surface area contributed by atoms with Crippen LogP contribution in [0.1, 0.15) is 42.7 Å². The third-order valence-corrected chi connectivity index (χ3v) is 3.44. The number of benzene rings is 1. The first-order valence-corrected chi connectivity index (χ1v) is 5.55. The number of halogens is 1. The zero-order valence-corrected chi connectivity index (χ0v) is 9.14. The third kappa shape index (κ3) is 1.74. The molecule has 0 heterocycles. The van der Waals surface area contributed by atoms with Crippen LogP contribution in [-0.2, 0) is 0 Å². The fraction of sp³-hybridized carbons (Fsp3) is 0.500. The predicted molar refractivity (Wildman–Crippen MR) is 59.1 cm³/mol. The molecule has 1 N–H and O–H groups in total. The van der Waals surface area contributed by atoms with Crippen molar-refractivity contribution in [3.63, 3.8) is 0 Å². The van der Waals surface area contributed by atoms with Crippen LogP contribution in [0.15, 0.2) is 12.1 Å². The smallest absolute Gasteiger partial charge is 0.118 e. The quantitative estimate of drug-likeness (QED) is 0.743. The number of hydrogen-bond acceptors (Lipinski definition) is 1. The molecular formula is C12H15ClO. The van der Waals surface area contributed by atoms with E-state index in [1.54, 1.807) is 0 Å². The van der Waals surface area contributed by atoms with Crippen molar-refractivity contribution in [2.24, 2.45) is 0 Å². The van der Waals surface area contributed by atoms with Crippen molar-refractivity contribution in [3.05, 3.63) is 28.3 Å². The van der Waals surface area contributed by atoms with E-state index < -0.39 is 0 Å². The fourth-order valence-corrected chi connectivity index (χ4v) is 2.60. The van der Waals surface area contributed by atoms with Gasteiger partial charge in [0.05, 0.1) is 0 Å². The number of rotatable bonds is 1. The lowest BCUT2D eigenvalue weighted by Crippen LogP contribution is -1.94. The maximum absolute atomic E-state index is 9.63. The molecule has 0 saturated heterocycles. The van der Waals surface area contributed by atoms with Crippen LogP contribution in [0.5, 0.6) is 5.75 Å². The average molecular weight is 211 g/mol. The summed E-state index contributed by atoms with van der Waals surface area (Å²) >= 11 is 6.17. The molecule has 76 valence electrons. The molecule has 0 amide bonds. The molecular weight excluding hydrogens is 196 g/mol. The van der Waals surface area contributed by atoms with Gasteiger partial charge in [0.2, 0.25) is 0 Å². The van der Waals surface area contributed by atoms with E-state index in [2.05, 4.69) is 0 Å². The van der Waals surface area contributed by atoms with E-state index >= 15 is 0 Å². The van der Waals surface area contributed by atoms with Gasteiger partial charge < -0.3 is 5.11 Å². The van der Waals surface area contributed by atoms with Crippen LogP contribution in [0.2, 0.25) is 5.02 Å². The van der Waals surface area contributed by atoms with Crippen molar-refractivity contribution in [1.29, 1.82) is 0 Å². The van der Waals surface area contributed by atoms with Gasteiger partial charge in [-0.15, -0.1) is 0 Å². The van der Waals surface area contributed by atoms with E-state index in [0.29, 0.717) is 11.7 Å². The molecule has 1 aliphatic rings. The Morgan fingerprint density at radius 3 is 2.57 bits per heavy atom. The van der Waals surface area contributed by atoms with Crippen LogP contribution in [0.4, 0.5) is 0 Å². The molecule has 0 radical (unpaired) electrons. The molecule has 2 heteroatoms. The van der Waals surface area contributed by atoms with Crippen molar-refractivity contribution < 1.29 is 5.11 Å². The van der Waals surface area contributed by atoms with Gasteiger partial charge in [-0.05, 0) is 48.9 Å². The summed E-state index contributed by atoms with van der Waals surface area (Å²) in [5.74, 6) is 0.935. The lowest BCUT2D eigenvalue weighted by molar-refractivity contribution is 0.469. The molecule has 1 nitrogen and oxygen atoms in total. The molecule has 0 atom stereocenters. The SMILES string of the molecule is Cc1cc(Cl)c(C2CCCC2)cc1O. The molecule has 1 aromatic carbocycles. The summed E-state index contributed by atoms with van der Waals surface area (Å²) in [4.78, 5) is 0. The second-order valence-electron chi connectivity index (χ2n) is 4.14. The Labute approximate surface area is 89.7 Å². The normalized spacial score (nSPS) is 17.6. The number of aryl methyl sites for hydroxylation is 1. The van der Waals surface area contributed by atoms with Gasteiger partial charge in [-0.2, -0.15) is 0 Å². The highest BCUT2D eigenvalue weighted by Crippen LogP contribution is 2.39. The number of phenols is 1. The Hall–Kier alpha value is -0.690. The van der Waals surface area contributed by atoms with Gasteiger partial charge in [-0.3, -0.25) is 0 Å². The van der Waals surface area contributed by atoms with Crippen LogP contribution in [0.3, 0.4) is 0 Å². The molecule has 0 bridgehead atoms. The van der Waals surface area contributed by atoms with Gasteiger partial charge in [0.25, 0.3) is 0 Å². The average Bonchev–Trinajstić information content (AvgIpc) is 2.64. The molecule has 1 fully saturated rings. The first-order valence-electron chi connectivity index (χ1n) is 5.17. The highest BCUT2D eigenvalue weighted by Gasteiger charge is 2.20. The minimum absolute atomic E-state index is 0.372. The van der Waals surface area contributed by atoms with Crippen LogP contribution in [-0.4, -0.2) is 5.11 Å². The zero-order chi connectivity index (χ0) is 10.1. The van der Waals surface area contributed by atoms with Crippen LogP contribution in [0.25, 0.3) is 0 Å². The van der Waals surface area contributed by atoms with Crippen molar-refractivity contribution in [3.8, 4) is 5.75 Å². The Balaban J connectivity index is 2.37. The van der Waals surface area contributed by atoms with E-state index in [1.807, 2.05) is 19.1 Å². The zero-order valence-electron chi connectivity index (χ0n) is 8.39. The van der Waals surface area contributed by atoms with E-state index in [0.717, 1.165) is 16.1 Å². The third-order valence-electron chi connectivity index (χ3n) is 3.11. The maximum atomic E-state index is 9.63. The Kier molecular flexibility index (Phi) is 2.69. The van der Waals surface area contributed by atoms with E-state index in [-0.39, 0.29) is 0 Å². The first-order chi connectivity index (χ1) is 6.68. The molecule has 1 aromatic rings. The molecule has 2 rings (SSSR count). The second kappa shape index (κ2) is 3.82. The summed E-state index contributed by atoms with van der Waals surface area (Å²) in [5, 5.41) is 10.4. The minimum Gasteiger partial charge on any atom is -0.508 e. The maximum Gasteiger partial charge on any atom is 0.118 e. The largest absolute Gasteiger partial charge is 0.508 e. The lowest BCUT2D eigenvalue weighted by atomic mass is 9.96. The monoisotopic (exact) mass is 210 g/mol. The Morgan fingerprint density at radius 2 is 1.93 bits per heavy atom. The van der Waals surface area contributed by atoms with Gasteiger partial charge in [0.15, 0.2) is 0 Å². The topological polar surface area (TPSA) is 20.2 Å². The first kappa shape index (κ1) is 9.85. The van der Waals surface area contributed by atoms with E-state index in [9.17, 15) is 5.11 Å². The van der Waals surface area contributed by atoms with Gasteiger partial charge in [0, 0.05) is 5.02 Å². The number of aromatic hydroxyl groups is 1. The summed E-state index contributed by atoms with van der Waals surface area (Å²) in [5.41, 5.74) is 1.99. The van der Waals surface area contributed by atoms with Gasteiger partial charge in [-0.1, -0.05) is 24.4 Å². The lowest BCUT2D eigenvalue weighted by Gasteiger charge is -2.13. The molecule has 1 saturated carbocycles. The summed E-state index contributed by atoms with van der Waals surface area (Å²) < 4.78 is 0. The summed E-state index contributed by atoms with van der Waals surface area (Å²) in [6, 6.07) is 3.71. The highest BCUT2D eigenvalue weighted by atomic mass is 35.5. The van der Waals surface area contributed by atoms with Crippen LogP contribution in [0, 0.1) is 6.92 Å². The van der Waals surface area contributed by atoms with Crippen molar-refractivity contribution >= 4 is 11.6 Å². The summed E-state index contributed by atoms with van der Waals surface area (Å²) in [6.07, 6.45) is 5.00. The van der Waals surface area contributed by atoms with Gasteiger partial charge in [-0.25, -0.2) is 0 Å².